The molecule has 0 spiro atoms. The van der Waals surface area contributed by atoms with Gasteiger partial charge in [-0.05, 0) is 43.3 Å². The van der Waals surface area contributed by atoms with Crippen LogP contribution in [-0.2, 0) is 10.0 Å². The molecule has 0 aliphatic rings. The third-order valence-corrected chi connectivity index (χ3v) is 7.21. The Hall–Kier alpha value is -3.01. The van der Waals surface area contributed by atoms with Crippen molar-refractivity contribution in [2.45, 2.75) is 11.1 Å². The summed E-state index contributed by atoms with van der Waals surface area (Å²) < 4.78 is 28.5. The van der Waals surface area contributed by atoms with E-state index in [0.29, 0.717) is 26.6 Å². The van der Waals surface area contributed by atoms with Gasteiger partial charge >= 0.3 is 0 Å². The van der Waals surface area contributed by atoms with Crippen molar-refractivity contribution in [3.8, 4) is 0 Å². The fourth-order valence-electron chi connectivity index (χ4n) is 2.73. The number of aromatic nitrogens is 2. The summed E-state index contributed by atoms with van der Waals surface area (Å²) >= 11 is 6.83. The summed E-state index contributed by atoms with van der Waals surface area (Å²) in [6.07, 6.45) is 0. The van der Waals surface area contributed by atoms with E-state index in [1.165, 1.54) is 19.1 Å². The van der Waals surface area contributed by atoms with Crippen LogP contribution in [-0.4, -0.2) is 24.2 Å². The number of hydrogen-bond donors (Lipinski definition) is 2. The molecule has 0 amide bonds. The van der Waals surface area contributed by atoms with Crippen LogP contribution in [0.5, 0.6) is 0 Å². The van der Waals surface area contributed by atoms with E-state index in [-0.39, 0.29) is 21.6 Å². The van der Waals surface area contributed by atoms with Crippen LogP contribution in [0.4, 0.5) is 17.3 Å². The summed E-state index contributed by atoms with van der Waals surface area (Å²) in [7, 11) is -3.91. The SMILES string of the molecule is CC(=O)c1cccc(Nc2nc3ccccc3nc2NS(=O)(=O)c2ccc(Cl)s2)c1. The first-order valence-electron chi connectivity index (χ1n) is 8.75. The van der Waals surface area contributed by atoms with Gasteiger partial charge in [0.15, 0.2) is 17.4 Å². The molecule has 30 heavy (non-hydrogen) atoms. The first kappa shape index (κ1) is 20.3. The number of fused-ring (bicyclic) bond motifs is 1. The second-order valence-electron chi connectivity index (χ2n) is 6.34. The average molecular weight is 459 g/mol. The second-order valence-corrected chi connectivity index (χ2v) is 9.96. The lowest BCUT2D eigenvalue weighted by Crippen LogP contribution is -2.15. The first-order chi connectivity index (χ1) is 14.3. The zero-order chi connectivity index (χ0) is 21.3. The number of benzene rings is 2. The Morgan fingerprint density at radius 2 is 1.67 bits per heavy atom. The molecule has 0 saturated carbocycles. The molecule has 2 aromatic carbocycles. The highest BCUT2D eigenvalue weighted by Crippen LogP contribution is 2.30. The highest BCUT2D eigenvalue weighted by Gasteiger charge is 2.21. The Morgan fingerprint density at radius 3 is 2.30 bits per heavy atom. The van der Waals surface area contributed by atoms with Crippen molar-refractivity contribution in [1.29, 1.82) is 0 Å². The van der Waals surface area contributed by atoms with Gasteiger partial charge in [0.05, 0.1) is 15.4 Å². The van der Waals surface area contributed by atoms with Crippen LogP contribution in [0.1, 0.15) is 17.3 Å². The second kappa shape index (κ2) is 8.02. The molecule has 0 bridgehead atoms. The molecule has 152 valence electrons. The third-order valence-electron chi connectivity index (χ3n) is 4.15. The molecule has 0 fully saturated rings. The lowest BCUT2D eigenvalue weighted by atomic mass is 10.1. The Morgan fingerprint density at radius 1 is 0.967 bits per heavy atom. The largest absolute Gasteiger partial charge is 0.337 e. The van der Waals surface area contributed by atoms with E-state index in [0.717, 1.165) is 11.3 Å². The van der Waals surface area contributed by atoms with Gasteiger partial charge in [0.1, 0.15) is 4.21 Å². The summed E-state index contributed by atoms with van der Waals surface area (Å²) in [5, 5.41) is 3.06. The van der Waals surface area contributed by atoms with Gasteiger partial charge in [-0.3, -0.25) is 9.52 Å². The Balaban J connectivity index is 1.78. The number of carbonyl (C=O) groups is 1. The molecular formula is C20H15ClN4O3S2. The number of halogens is 1. The molecule has 0 saturated heterocycles. The predicted molar refractivity (Wildman–Crippen MR) is 119 cm³/mol. The zero-order valence-electron chi connectivity index (χ0n) is 15.6. The maximum atomic E-state index is 12.8. The van der Waals surface area contributed by atoms with Gasteiger partial charge in [-0.1, -0.05) is 35.9 Å². The molecule has 7 nitrogen and oxygen atoms in total. The van der Waals surface area contributed by atoms with Gasteiger partial charge in [-0.2, -0.15) is 0 Å². The topological polar surface area (TPSA) is 101 Å². The molecule has 2 aromatic heterocycles. The number of ketones is 1. The van der Waals surface area contributed by atoms with E-state index in [1.807, 2.05) is 6.07 Å². The molecule has 2 heterocycles. The summed E-state index contributed by atoms with van der Waals surface area (Å²) in [6.45, 7) is 1.47. The zero-order valence-corrected chi connectivity index (χ0v) is 18.0. The number of carbonyl (C=O) groups excluding carboxylic acids is 1. The van der Waals surface area contributed by atoms with Gasteiger partial charge < -0.3 is 5.32 Å². The van der Waals surface area contributed by atoms with E-state index < -0.39 is 10.0 Å². The van der Waals surface area contributed by atoms with Crippen molar-refractivity contribution >= 4 is 67.1 Å². The maximum Gasteiger partial charge on any atom is 0.272 e. The van der Waals surface area contributed by atoms with Gasteiger partial charge in [0, 0.05) is 11.3 Å². The predicted octanol–water partition coefficient (Wildman–Crippen LogP) is 5.09. The fraction of sp³-hybridized carbons (Fsp3) is 0.0500. The number of para-hydroxylation sites is 2. The van der Waals surface area contributed by atoms with Crippen LogP contribution >= 0.6 is 22.9 Å². The summed E-state index contributed by atoms with van der Waals surface area (Å²) in [5.74, 6) is 0.158. The monoisotopic (exact) mass is 458 g/mol. The smallest absolute Gasteiger partial charge is 0.272 e. The van der Waals surface area contributed by atoms with Crippen LogP contribution in [0.2, 0.25) is 4.34 Å². The molecule has 4 aromatic rings. The molecule has 4 rings (SSSR count). The van der Waals surface area contributed by atoms with Crippen LogP contribution in [0.15, 0.2) is 64.9 Å². The molecule has 0 unspecified atom stereocenters. The van der Waals surface area contributed by atoms with Crippen molar-refractivity contribution in [2.75, 3.05) is 10.0 Å². The first-order valence-corrected chi connectivity index (χ1v) is 11.4. The highest BCUT2D eigenvalue weighted by atomic mass is 35.5. The van der Waals surface area contributed by atoms with Crippen molar-refractivity contribution < 1.29 is 13.2 Å². The lowest BCUT2D eigenvalue weighted by Gasteiger charge is -2.13. The van der Waals surface area contributed by atoms with Crippen LogP contribution in [0.25, 0.3) is 11.0 Å². The summed E-state index contributed by atoms with van der Waals surface area (Å²) in [6, 6.07) is 16.9. The number of sulfonamides is 1. The Bertz CT molecular complexity index is 1370. The van der Waals surface area contributed by atoms with E-state index in [9.17, 15) is 13.2 Å². The summed E-state index contributed by atoms with van der Waals surface area (Å²) in [5.41, 5.74) is 2.21. The highest BCUT2D eigenvalue weighted by molar-refractivity contribution is 7.94. The number of Topliss-reactive ketones (excluding diaryl/α,β-unsaturated/α-hetero) is 1. The molecule has 10 heteroatoms. The van der Waals surface area contributed by atoms with Gasteiger partial charge in [0.25, 0.3) is 10.0 Å². The van der Waals surface area contributed by atoms with Crippen molar-refractivity contribution in [1.82, 2.24) is 9.97 Å². The minimum Gasteiger partial charge on any atom is -0.337 e. The van der Waals surface area contributed by atoms with Gasteiger partial charge in [0.2, 0.25) is 0 Å². The molecule has 0 aliphatic heterocycles. The fourth-order valence-corrected chi connectivity index (χ4v) is 5.22. The average Bonchev–Trinajstić information content (AvgIpc) is 3.16. The molecular weight excluding hydrogens is 444 g/mol. The number of hydrogen-bond acceptors (Lipinski definition) is 7. The maximum absolute atomic E-state index is 12.8. The number of nitrogens with one attached hydrogen (secondary N) is 2. The van der Waals surface area contributed by atoms with Gasteiger partial charge in [-0.25, -0.2) is 18.4 Å². The number of anilines is 3. The number of nitrogens with zero attached hydrogens (tertiary/aromatic N) is 2. The van der Waals surface area contributed by atoms with Crippen LogP contribution < -0.4 is 10.0 Å². The van der Waals surface area contributed by atoms with Crippen LogP contribution in [0, 0.1) is 0 Å². The normalized spacial score (nSPS) is 11.4. The van der Waals surface area contributed by atoms with Crippen molar-refractivity contribution in [3.05, 3.63) is 70.6 Å². The summed E-state index contributed by atoms with van der Waals surface area (Å²) in [4.78, 5) is 20.6. The molecule has 0 aliphatic carbocycles. The minimum atomic E-state index is -3.91. The quantitative estimate of drug-likeness (QED) is 0.390. The van der Waals surface area contributed by atoms with Crippen LogP contribution in [0.3, 0.4) is 0 Å². The number of thiophene rings is 1. The van der Waals surface area contributed by atoms with Gasteiger partial charge in [-0.15, -0.1) is 11.3 Å². The van der Waals surface area contributed by atoms with E-state index >= 15 is 0 Å². The number of rotatable bonds is 6. The molecule has 0 atom stereocenters. The lowest BCUT2D eigenvalue weighted by molar-refractivity contribution is 0.101. The minimum absolute atomic E-state index is 0.0338. The van der Waals surface area contributed by atoms with E-state index in [1.54, 1.807) is 42.5 Å². The van der Waals surface area contributed by atoms with E-state index in [2.05, 4.69) is 20.0 Å². The molecule has 2 N–H and O–H groups in total. The molecule has 0 radical (unpaired) electrons. The standard InChI is InChI=1S/C20H15ClN4O3S2/c1-12(26)13-5-4-6-14(11-13)22-19-20(24-16-8-3-2-7-15(16)23-19)25-30(27,28)18-10-9-17(21)29-18/h2-11H,1H3,(H,22,23)(H,24,25). The third kappa shape index (κ3) is 4.28. The Labute approximate surface area is 181 Å². The van der Waals surface area contributed by atoms with E-state index in [4.69, 9.17) is 11.6 Å². The Kier molecular flexibility index (Phi) is 5.42. The van der Waals surface area contributed by atoms with Crippen molar-refractivity contribution in [2.24, 2.45) is 0 Å². The van der Waals surface area contributed by atoms with Crippen molar-refractivity contribution in [3.63, 3.8) is 0 Å².